The van der Waals surface area contributed by atoms with Gasteiger partial charge in [0, 0.05) is 11.4 Å². The van der Waals surface area contributed by atoms with Crippen molar-refractivity contribution in [1.29, 1.82) is 0 Å². The Bertz CT molecular complexity index is 833. The van der Waals surface area contributed by atoms with Crippen LogP contribution >= 0.6 is 23.1 Å². The molecular weight excluding hydrogens is 370 g/mol. The number of hydrogen-bond donors (Lipinski definition) is 1. The standard InChI is InChI=1S/C17H19N5O2S2/c1-12(16(23)18-10-13-5-7-14(24-2)8-6-13)26-17-19-20-21-22(17)11-15-4-3-9-25-15/h3-9,12H,10-11H2,1-2H3,(H,18,23). The minimum Gasteiger partial charge on any atom is -0.497 e. The Morgan fingerprint density at radius 1 is 1.35 bits per heavy atom. The minimum absolute atomic E-state index is 0.0588. The van der Waals surface area contributed by atoms with Crippen LogP contribution in [0.2, 0.25) is 0 Å². The van der Waals surface area contributed by atoms with Gasteiger partial charge in [0.05, 0.1) is 18.9 Å². The lowest BCUT2D eigenvalue weighted by Crippen LogP contribution is -2.30. The lowest BCUT2D eigenvalue weighted by molar-refractivity contribution is -0.120. The summed E-state index contributed by atoms with van der Waals surface area (Å²) in [5, 5.41) is 17.1. The van der Waals surface area contributed by atoms with Gasteiger partial charge in [-0.05, 0) is 46.5 Å². The van der Waals surface area contributed by atoms with Crippen LogP contribution in [0.15, 0.2) is 46.9 Å². The zero-order valence-corrected chi connectivity index (χ0v) is 16.1. The molecule has 2 heterocycles. The van der Waals surface area contributed by atoms with Crippen LogP contribution in [0.25, 0.3) is 0 Å². The van der Waals surface area contributed by atoms with E-state index in [1.54, 1.807) is 23.1 Å². The molecule has 9 heteroatoms. The molecule has 3 rings (SSSR count). The third kappa shape index (κ3) is 4.83. The highest BCUT2D eigenvalue weighted by Crippen LogP contribution is 2.22. The number of hydrogen-bond acceptors (Lipinski definition) is 7. The molecule has 3 aromatic rings. The van der Waals surface area contributed by atoms with Crippen LogP contribution in [0.3, 0.4) is 0 Å². The van der Waals surface area contributed by atoms with Crippen molar-refractivity contribution in [1.82, 2.24) is 25.5 Å². The van der Waals surface area contributed by atoms with Gasteiger partial charge in [-0.25, -0.2) is 4.68 Å². The number of benzene rings is 1. The highest BCUT2D eigenvalue weighted by atomic mass is 32.2. The summed E-state index contributed by atoms with van der Waals surface area (Å²) in [4.78, 5) is 13.5. The van der Waals surface area contributed by atoms with Crippen LogP contribution < -0.4 is 10.1 Å². The predicted molar refractivity (Wildman–Crippen MR) is 101 cm³/mol. The topological polar surface area (TPSA) is 81.9 Å². The molecule has 1 atom stereocenters. The van der Waals surface area contributed by atoms with Gasteiger partial charge < -0.3 is 10.1 Å². The second kappa shape index (κ2) is 8.81. The predicted octanol–water partition coefficient (Wildman–Crippen LogP) is 2.59. The quantitative estimate of drug-likeness (QED) is 0.597. The van der Waals surface area contributed by atoms with Crippen LogP contribution in [0.5, 0.6) is 5.75 Å². The average molecular weight is 390 g/mol. The zero-order valence-electron chi connectivity index (χ0n) is 14.5. The lowest BCUT2D eigenvalue weighted by atomic mass is 10.2. The number of thiophene rings is 1. The van der Waals surface area contributed by atoms with Gasteiger partial charge in [0.25, 0.3) is 0 Å². The van der Waals surface area contributed by atoms with Gasteiger partial charge in [0.15, 0.2) is 0 Å². The maximum Gasteiger partial charge on any atom is 0.233 e. The number of thioether (sulfide) groups is 1. The summed E-state index contributed by atoms with van der Waals surface area (Å²) in [6.45, 7) is 2.92. The summed E-state index contributed by atoms with van der Waals surface area (Å²) < 4.78 is 6.84. The summed E-state index contributed by atoms with van der Waals surface area (Å²) in [7, 11) is 1.63. The molecule has 0 aliphatic carbocycles. The minimum atomic E-state index is -0.304. The second-order valence-corrected chi connectivity index (χ2v) is 7.86. The van der Waals surface area contributed by atoms with Crippen LogP contribution in [-0.2, 0) is 17.9 Å². The molecule has 1 unspecified atom stereocenters. The highest BCUT2D eigenvalue weighted by Gasteiger charge is 2.18. The first kappa shape index (κ1) is 18.4. The molecule has 1 amide bonds. The van der Waals surface area contributed by atoms with Crippen molar-refractivity contribution in [3.8, 4) is 5.75 Å². The molecule has 26 heavy (non-hydrogen) atoms. The number of methoxy groups -OCH3 is 1. The molecule has 0 bridgehead atoms. The number of carbonyl (C=O) groups is 1. The van der Waals surface area contributed by atoms with Gasteiger partial charge in [0.1, 0.15) is 5.75 Å². The van der Waals surface area contributed by atoms with Crippen molar-refractivity contribution in [3.63, 3.8) is 0 Å². The number of ether oxygens (including phenoxy) is 1. The lowest BCUT2D eigenvalue weighted by Gasteiger charge is -2.12. The monoisotopic (exact) mass is 389 g/mol. The van der Waals surface area contributed by atoms with Crippen LogP contribution in [0, 0.1) is 0 Å². The van der Waals surface area contributed by atoms with E-state index in [-0.39, 0.29) is 11.2 Å². The number of aromatic nitrogens is 4. The maximum absolute atomic E-state index is 12.4. The van der Waals surface area contributed by atoms with Crippen molar-refractivity contribution in [3.05, 3.63) is 52.2 Å². The van der Waals surface area contributed by atoms with Gasteiger partial charge in [-0.2, -0.15) is 0 Å². The Morgan fingerprint density at radius 2 is 2.15 bits per heavy atom. The van der Waals surface area contributed by atoms with Gasteiger partial charge in [0.2, 0.25) is 11.1 Å². The van der Waals surface area contributed by atoms with Gasteiger partial charge in [-0.15, -0.1) is 16.4 Å². The molecule has 0 fully saturated rings. The van der Waals surface area contributed by atoms with Crippen molar-refractivity contribution >= 4 is 29.0 Å². The Hall–Kier alpha value is -2.39. The first-order valence-corrected chi connectivity index (χ1v) is 9.77. The van der Waals surface area contributed by atoms with E-state index in [0.29, 0.717) is 18.2 Å². The third-order valence-corrected chi connectivity index (χ3v) is 5.59. The number of tetrazole rings is 1. The van der Waals surface area contributed by atoms with Gasteiger partial charge >= 0.3 is 0 Å². The fraction of sp³-hybridized carbons (Fsp3) is 0.294. The first-order valence-electron chi connectivity index (χ1n) is 8.01. The second-order valence-electron chi connectivity index (χ2n) is 5.52. The SMILES string of the molecule is COc1ccc(CNC(=O)C(C)Sc2nnnn2Cc2cccs2)cc1. The van der Waals surface area contributed by atoms with E-state index >= 15 is 0 Å². The fourth-order valence-electron chi connectivity index (χ4n) is 2.22. The molecule has 136 valence electrons. The first-order chi connectivity index (χ1) is 12.7. The van der Waals surface area contributed by atoms with Crippen molar-refractivity contribution in [2.75, 3.05) is 7.11 Å². The van der Waals surface area contributed by atoms with E-state index in [4.69, 9.17) is 4.74 Å². The van der Waals surface area contributed by atoms with E-state index < -0.39 is 0 Å². The number of amides is 1. The Labute approximate surface area is 159 Å². The van der Waals surface area contributed by atoms with Gasteiger partial charge in [-0.1, -0.05) is 30.0 Å². The summed E-state index contributed by atoms with van der Waals surface area (Å²) in [6, 6.07) is 11.6. The van der Waals surface area contributed by atoms with Crippen LogP contribution in [0.4, 0.5) is 0 Å². The van der Waals surface area contributed by atoms with E-state index in [9.17, 15) is 4.79 Å². The average Bonchev–Trinajstić information content (AvgIpc) is 3.33. The molecule has 7 nitrogen and oxygen atoms in total. The molecule has 0 aliphatic heterocycles. The Balaban J connectivity index is 1.53. The molecule has 1 N–H and O–H groups in total. The normalized spacial score (nSPS) is 11.9. The number of nitrogens with one attached hydrogen (secondary N) is 1. The molecule has 1 aromatic carbocycles. The van der Waals surface area contributed by atoms with E-state index in [0.717, 1.165) is 16.2 Å². The molecule has 0 saturated heterocycles. The van der Waals surface area contributed by atoms with Gasteiger partial charge in [-0.3, -0.25) is 4.79 Å². The fourth-order valence-corrected chi connectivity index (χ4v) is 3.72. The van der Waals surface area contributed by atoms with E-state index in [1.165, 1.54) is 11.8 Å². The number of rotatable bonds is 8. The van der Waals surface area contributed by atoms with Crippen molar-refractivity contribution < 1.29 is 9.53 Å². The molecule has 0 radical (unpaired) electrons. The van der Waals surface area contributed by atoms with Crippen molar-refractivity contribution in [2.45, 2.75) is 30.4 Å². The smallest absolute Gasteiger partial charge is 0.233 e. The van der Waals surface area contributed by atoms with E-state index in [1.807, 2.05) is 48.7 Å². The van der Waals surface area contributed by atoms with E-state index in [2.05, 4.69) is 20.8 Å². The molecule has 0 aliphatic rings. The molecule has 2 aromatic heterocycles. The maximum atomic E-state index is 12.4. The molecular formula is C17H19N5O2S2. The number of carbonyl (C=O) groups excluding carboxylic acids is 1. The summed E-state index contributed by atoms with van der Waals surface area (Å²) >= 11 is 3.00. The largest absolute Gasteiger partial charge is 0.497 e. The summed E-state index contributed by atoms with van der Waals surface area (Å²) in [5.41, 5.74) is 1.01. The molecule has 0 saturated carbocycles. The highest BCUT2D eigenvalue weighted by molar-refractivity contribution is 8.00. The third-order valence-electron chi connectivity index (χ3n) is 3.66. The summed E-state index contributed by atoms with van der Waals surface area (Å²) in [6.07, 6.45) is 0. The Kier molecular flexibility index (Phi) is 6.24. The Morgan fingerprint density at radius 3 is 2.85 bits per heavy atom. The van der Waals surface area contributed by atoms with Crippen LogP contribution in [-0.4, -0.2) is 38.5 Å². The zero-order chi connectivity index (χ0) is 18.4. The van der Waals surface area contributed by atoms with Crippen molar-refractivity contribution in [2.24, 2.45) is 0 Å². The summed E-state index contributed by atoms with van der Waals surface area (Å²) in [5.74, 6) is 0.734. The molecule has 0 spiro atoms. The number of nitrogens with zero attached hydrogens (tertiary/aromatic N) is 4. The van der Waals surface area contributed by atoms with Crippen LogP contribution in [0.1, 0.15) is 17.4 Å².